The van der Waals surface area contributed by atoms with Crippen molar-refractivity contribution in [2.45, 2.75) is 72.4 Å². The minimum Gasteiger partial charge on any atom is -0.352 e. The van der Waals surface area contributed by atoms with Crippen LogP contribution >= 0.6 is 0 Å². The van der Waals surface area contributed by atoms with Gasteiger partial charge in [-0.1, -0.05) is 43.3 Å². The van der Waals surface area contributed by atoms with Gasteiger partial charge in [-0.25, -0.2) is 8.42 Å². The second-order valence-corrected chi connectivity index (χ2v) is 11.6. The van der Waals surface area contributed by atoms with Crippen LogP contribution in [0, 0.1) is 13.8 Å². The van der Waals surface area contributed by atoms with E-state index in [-0.39, 0.29) is 30.8 Å². The molecule has 0 saturated heterocycles. The number of sulfonamides is 1. The zero-order valence-electron chi connectivity index (χ0n) is 22.5. The molecular formula is C28H41N3O4S. The van der Waals surface area contributed by atoms with Gasteiger partial charge in [-0.05, 0) is 75.8 Å². The topological polar surface area (TPSA) is 86.8 Å². The third kappa shape index (κ3) is 8.97. The number of anilines is 1. The number of aryl methyl sites for hydroxylation is 2. The molecule has 2 rings (SSSR count). The first kappa shape index (κ1) is 29.4. The zero-order valence-corrected chi connectivity index (χ0v) is 23.3. The summed E-state index contributed by atoms with van der Waals surface area (Å²) in [7, 11) is -3.52. The maximum Gasteiger partial charge on any atom is 0.242 e. The fraction of sp³-hybridized carbons (Fsp3) is 0.500. The molecular weight excluding hydrogens is 474 g/mol. The number of rotatable bonds is 13. The maximum absolute atomic E-state index is 13.4. The molecule has 0 radical (unpaired) electrons. The predicted molar refractivity (Wildman–Crippen MR) is 147 cm³/mol. The van der Waals surface area contributed by atoms with Crippen molar-refractivity contribution in [2.75, 3.05) is 23.7 Å². The van der Waals surface area contributed by atoms with Gasteiger partial charge in [-0.3, -0.25) is 13.9 Å². The first-order chi connectivity index (χ1) is 16.9. The van der Waals surface area contributed by atoms with Gasteiger partial charge in [0.15, 0.2) is 0 Å². The predicted octanol–water partition coefficient (Wildman–Crippen LogP) is 4.22. The van der Waals surface area contributed by atoms with Gasteiger partial charge in [0, 0.05) is 25.6 Å². The van der Waals surface area contributed by atoms with Gasteiger partial charge in [0.05, 0.1) is 11.9 Å². The van der Waals surface area contributed by atoms with Gasteiger partial charge in [0.1, 0.15) is 6.04 Å². The van der Waals surface area contributed by atoms with Gasteiger partial charge in [0.2, 0.25) is 21.8 Å². The van der Waals surface area contributed by atoms with Crippen LogP contribution in [0.3, 0.4) is 0 Å². The molecule has 0 aromatic heterocycles. The molecule has 1 unspecified atom stereocenters. The van der Waals surface area contributed by atoms with Gasteiger partial charge in [0.25, 0.3) is 0 Å². The van der Waals surface area contributed by atoms with Gasteiger partial charge in [-0.15, -0.1) is 0 Å². The van der Waals surface area contributed by atoms with E-state index < -0.39 is 16.1 Å². The Balaban J connectivity index is 2.18. The van der Waals surface area contributed by atoms with E-state index in [2.05, 4.69) is 5.32 Å². The second kappa shape index (κ2) is 13.4. The SMILES string of the molecule is CCC(C(=O)NC(C)C)N(CCc1ccccc1)C(=O)CCCN(c1cc(C)cc(C)c1)S(C)(=O)=O. The summed E-state index contributed by atoms with van der Waals surface area (Å²) in [5.41, 5.74) is 3.64. The Hall–Kier alpha value is -2.87. The molecule has 2 amide bonds. The van der Waals surface area contributed by atoms with Crippen LogP contribution in [-0.2, 0) is 26.0 Å². The molecule has 0 bridgehead atoms. The smallest absolute Gasteiger partial charge is 0.242 e. The van der Waals surface area contributed by atoms with Gasteiger partial charge >= 0.3 is 0 Å². The third-order valence-electron chi connectivity index (χ3n) is 5.95. The highest BCUT2D eigenvalue weighted by atomic mass is 32.2. The van der Waals surface area contributed by atoms with E-state index in [1.807, 2.05) is 83.1 Å². The number of amides is 2. The highest BCUT2D eigenvalue weighted by Crippen LogP contribution is 2.22. The Labute approximate surface area is 216 Å². The first-order valence-electron chi connectivity index (χ1n) is 12.6. The molecule has 8 heteroatoms. The highest BCUT2D eigenvalue weighted by Gasteiger charge is 2.28. The zero-order chi connectivity index (χ0) is 26.9. The Bertz CT molecular complexity index is 1100. The van der Waals surface area contributed by atoms with Crippen molar-refractivity contribution in [3.8, 4) is 0 Å². The number of carbonyl (C=O) groups is 2. The van der Waals surface area contributed by atoms with Crippen LogP contribution in [0.5, 0.6) is 0 Å². The molecule has 0 fully saturated rings. The van der Waals surface area contributed by atoms with Gasteiger partial charge in [-0.2, -0.15) is 0 Å². The van der Waals surface area contributed by atoms with Crippen molar-refractivity contribution in [2.24, 2.45) is 0 Å². The lowest BCUT2D eigenvalue weighted by atomic mass is 10.1. The molecule has 2 aromatic carbocycles. The molecule has 0 spiro atoms. The van der Waals surface area contributed by atoms with Crippen molar-refractivity contribution < 1.29 is 18.0 Å². The minimum absolute atomic E-state index is 0.0290. The number of hydrogen-bond donors (Lipinski definition) is 1. The molecule has 198 valence electrons. The fourth-order valence-electron chi connectivity index (χ4n) is 4.38. The van der Waals surface area contributed by atoms with E-state index in [9.17, 15) is 18.0 Å². The van der Waals surface area contributed by atoms with Crippen LogP contribution in [0.1, 0.15) is 56.7 Å². The molecule has 1 N–H and O–H groups in total. The molecule has 36 heavy (non-hydrogen) atoms. The van der Waals surface area contributed by atoms with E-state index in [1.54, 1.807) is 4.90 Å². The minimum atomic E-state index is -3.52. The van der Waals surface area contributed by atoms with Crippen molar-refractivity contribution in [1.82, 2.24) is 10.2 Å². The lowest BCUT2D eigenvalue weighted by Crippen LogP contribution is -2.51. The Morgan fingerprint density at radius 2 is 1.58 bits per heavy atom. The van der Waals surface area contributed by atoms with E-state index >= 15 is 0 Å². The molecule has 0 heterocycles. The fourth-order valence-corrected chi connectivity index (χ4v) is 5.32. The summed E-state index contributed by atoms with van der Waals surface area (Å²) in [6.07, 6.45) is 2.81. The Kier molecular flexibility index (Phi) is 11.0. The summed E-state index contributed by atoms with van der Waals surface area (Å²) < 4.78 is 26.5. The summed E-state index contributed by atoms with van der Waals surface area (Å²) in [5, 5.41) is 2.93. The van der Waals surface area contributed by atoms with Crippen LogP contribution in [0.15, 0.2) is 48.5 Å². The lowest BCUT2D eigenvalue weighted by Gasteiger charge is -2.31. The molecule has 2 aromatic rings. The maximum atomic E-state index is 13.4. The van der Waals surface area contributed by atoms with Crippen LogP contribution < -0.4 is 9.62 Å². The largest absolute Gasteiger partial charge is 0.352 e. The number of nitrogens with zero attached hydrogens (tertiary/aromatic N) is 2. The molecule has 1 atom stereocenters. The van der Waals surface area contributed by atoms with Gasteiger partial charge < -0.3 is 10.2 Å². The average Bonchev–Trinajstić information content (AvgIpc) is 2.77. The summed E-state index contributed by atoms with van der Waals surface area (Å²) in [6, 6.07) is 14.9. The van der Waals surface area contributed by atoms with E-state index in [4.69, 9.17) is 0 Å². The van der Waals surface area contributed by atoms with Crippen molar-refractivity contribution in [1.29, 1.82) is 0 Å². The average molecular weight is 516 g/mol. The third-order valence-corrected chi connectivity index (χ3v) is 7.14. The Morgan fingerprint density at radius 1 is 0.972 bits per heavy atom. The van der Waals surface area contributed by atoms with E-state index in [1.165, 1.54) is 10.6 Å². The van der Waals surface area contributed by atoms with E-state index in [0.717, 1.165) is 16.7 Å². The number of nitrogens with one attached hydrogen (secondary N) is 1. The van der Waals surface area contributed by atoms with Crippen LogP contribution in [0.4, 0.5) is 5.69 Å². The summed E-state index contributed by atoms with van der Waals surface area (Å²) in [6.45, 7) is 10.2. The summed E-state index contributed by atoms with van der Waals surface area (Å²) in [5.74, 6) is -0.313. The molecule has 0 aliphatic rings. The quantitative estimate of drug-likeness (QED) is 0.433. The van der Waals surface area contributed by atoms with Crippen molar-refractivity contribution in [3.05, 3.63) is 65.2 Å². The van der Waals surface area contributed by atoms with Crippen LogP contribution in [0.2, 0.25) is 0 Å². The summed E-state index contributed by atoms with van der Waals surface area (Å²) in [4.78, 5) is 28.0. The van der Waals surface area contributed by atoms with Crippen LogP contribution in [-0.4, -0.2) is 56.6 Å². The normalized spacial score (nSPS) is 12.3. The first-order valence-corrected chi connectivity index (χ1v) is 14.5. The lowest BCUT2D eigenvalue weighted by molar-refractivity contribution is -0.141. The van der Waals surface area contributed by atoms with Crippen molar-refractivity contribution >= 4 is 27.5 Å². The number of benzene rings is 2. The Morgan fingerprint density at radius 3 is 2.11 bits per heavy atom. The van der Waals surface area contributed by atoms with Crippen molar-refractivity contribution in [3.63, 3.8) is 0 Å². The van der Waals surface area contributed by atoms with Crippen LogP contribution in [0.25, 0.3) is 0 Å². The second-order valence-electron chi connectivity index (χ2n) is 9.69. The monoisotopic (exact) mass is 515 g/mol. The molecule has 7 nitrogen and oxygen atoms in total. The summed E-state index contributed by atoms with van der Waals surface area (Å²) >= 11 is 0. The van der Waals surface area contributed by atoms with E-state index in [0.29, 0.717) is 31.5 Å². The highest BCUT2D eigenvalue weighted by molar-refractivity contribution is 7.92. The number of carbonyl (C=O) groups excluding carboxylic acids is 2. The molecule has 0 saturated carbocycles. The molecule has 0 aliphatic heterocycles. The molecule has 0 aliphatic carbocycles. The number of hydrogen-bond acceptors (Lipinski definition) is 4. The standard InChI is InChI=1S/C28H41N3O4S/c1-7-26(28(33)29-21(2)3)30(17-15-24-12-9-8-10-13-24)27(32)14-11-16-31(36(6,34)35)25-19-22(4)18-23(5)20-25/h8-10,12-13,18-21,26H,7,11,14-17H2,1-6H3,(H,29,33).